The smallest absolute Gasteiger partial charge is 0.207 e. The molecule has 0 radical (unpaired) electrons. The standard InChI is InChI=1S/C11H12FNO2S/c12-10-4-6-11(7-5-10)16(14,15)13-8-2-1-3-9-13/h1-2,4-7H,3,8-9H2. The third kappa shape index (κ3) is 2.15. The summed E-state index contributed by atoms with van der Waals surface area (Å²) in [5.41, 5.74) is 0. The predicted octanol–water partition coefficient (Wildman–Crippen LogP) is 1.78. The summed E-state index contributed by atoms with van der Waals surface area (Å²) in [7, 11) is -3.46. The molecule has 16 heavy (non-hydrogen) atoms. The van der Waals surface area contributed by atoms with E-state index in [0.717, 1.165) is 18.6 Å². The average molecular weight is 241 g/mol. The number of rotatable bonds is 2. The molecule has 0 spiro atoms. The first kappa shape index (κ1) is 11.3. The maximum atomic E-state index is 12.7. The van der Waals surface area contributed by atoms with Crippen LogP contribution in [0.4, 0.5) is 4.39 Å². The van der Waals surface area contributed by atoms with Crippen LogP contribution in [0.2, 0.25) is 0 Å². The summed E-state index contributed by atoms with van der Waals surface area (Å²) < 4.78 is 38.2. The lowest BCUT2D eigenvalue weighted by Gasteiger charge is -2.22. The Balaban J connectivity index is 2.31. The second-order valence-electron chi connectivity index (χ2n) is 3.58. The molecule has 0 aliphatic carbocycles. The molecular weight excluding hydrogens is 229 g/mol. The Morgan fingerprint density at radius 1 is 1.12 bits per heavy atom. The molecule has 0 N–H and O–H groups in total. The SMILES string of the molecule is O=S(=O)(c1ccc(F)cc1)N1CC=CCC1. The highest BCUT2D eigenvalue weighted by atomic mass is 32.2. The Kier molecular flexibility index (Phi) is 3.07. The van der Waals surface area contributed by atoms with Gasteiger partial charge in [-0.25, -0.2) is 12.8 Å². The molecular formula is C11H12FNO2S. The lowest BCUT2D eigenvalue weighted by Crippen LogP contribution is -2.33. The van der Waals surface area contributed by atoms with Gasteiger partial charge in [0.25, 0.3) is 0 Å². The van der Waals surface area contributed by atoms with Crippen molar-refractivity contribution in [3.8, 4) is 0 Å². The summed E-state index contributed by atoms with van der Waals surface area (Å²) in [6.07, 6.45) is 4.50. The Morgan fingerprint density at radius 2 is 1.81 bits per heavy atom. The molecule has 2 rings (SSSR count). The third-order valence-corrected chi connectivity index (χ3v) is 4.35. The first-order chi connectivity index (χ1) is 7.60. The molecule has 3 nitrogen and oxygen atoms in total. The van der Waals surface area contributed by atoms with Crippen molar-refractivity contribution >= 4 is 10.0 Å². The van der Waals surface area contributed by atoms with Crippen LogP contribution < -0.4 is 0 Å². The summed E-state index contributed by atoms with van der Waals surface area (Å²) in [6.45, 7) is 0.871. The summed E-state index contributed by atoms with van der Waals surface area (Å²) in [5.74, 6) is -0.433. The molecule has 0 bridgehead atoms. The topological polar surface area (TPSA) is 37.4 Å². The normalized spacial score (nSPS) is 17.6. The van der Waals surface area contributed by atoms with Crippen LogP contribution in [-0.4, -0.2) is 25.8 Å². The molecule has 1 aliphatic heterocycles. The van der Waals surface area contributed by atoms with Gasteiger partial charge in [-0.15, -0.1) is 0 Å². The van der Waals surface area contributed by atoms with E-state index in [4.69, 9.17) is 0 Å². The molecule has 0 unspecified atom stereocenters. The number of sulfonamides is 1. The molecule has 0 fully saturated rings. The fraction of sp³-hybridized carbons (Fsp3) is 0.273. The first-order valence-electron chi connectivity index (χ1n) is 5.01. The van der Waals surface area contributed by atoms with Crippen molar-refractivity contribution < 1.29 is 12.8 Å². The lowest BCUT2D eigenvalue weighted by atomic mass is 10.3. The maximum absolute atomic E-state index is 12.7. The van der Waals surface area contributed by atoms with Crippen molar-refractivity contribution in [2.45, 2.75) is 11.3 Å². The van der Waals surface area contributed by atoms with Crippen molar-refractivity contribution in [1.29, 1.82) is 0 Å². The van der Waals surface area contributed by atoms with E-state index in [0.29, 0.717) is 13.1 Å². The van der Waals surface area contributed by atoms with E-state index < -0.39 is 15.8 Å². The van der Waals surface area contributed by atoms with Gasteiger partial charge in [-0.05, 0) is 30.7 Å². The van der Waals surface area contributed by atoms with Crippen LogP contribution in [0.1, 0.15) is 6.42 Å². The lowest BCUT2D eigenvalue weighted by molar-refractivity contribution is 0.437. The van der Waals surface area contributed by atoms with Gasteiger partial charge in [0.05, 0.1) is 4.90 Å². The quantitative estimate of drug-likeness (QED) is 0.740. The molecule has 0 amide bonds. The molecule has 0 saturated heterocycles. The van der Waals surface area contributed by atoms with Gasteiger partial charge in [0.1, 0.15) is 5.82 Å². The van der Waals surface area contributed by atoms with Gasteiger partial charge in [0.15, 0.2) is 0 Å². The first-order valence-corrected chi connectivity index (χ1v) is 6.45. The molecule has 1 heterocycles. The van der Waals surface area contributed by atoms with Crippen LogP contribution in [0, 0.1) is 5.82 Å². The monoisotopic (exact) mass is 241 g/mol. The summed E-state index contributed by atoms with van der Waals surface area (Å²) in [5, 5.41) is 0. The number of benzene rings is 1. The van der Waals surface area contributed by atoms with Crippen LogP contribution in [0.15, 0.2) is 41.3 Å². The summed E-state index contributed by atoms with van der Waals surface area (Å²) in [6, 6.07) is 4.91. The van der Waals surface area contributed by atoms with Crippen molar-refractivity contribution in [3.63, 3.8) is 0 Å². The van der Waals surface area contributed by atoms with Crippen LogP contribution in [0.5, 0.6) is 0 Å². The highest BCUT2D eigenvalue weighted by molar-refractivity contribution is 7.89. The second-order valence-corrected chi connectivity index (χ2v) is 5.51. The fourth-order valence-electron chi connectivity index (χ4n) is 1.59. The minimum absolute atomic E-state index is 0.143. The van der Waals surface area contributed by atoms with E-state index in [1.807, 2.05) is 12.2 Å². The van der Waals surface area contributed by atoms with E-state index in [9.17, 15) is 12.8 Å². The van der Waals surface area contributed by atoms with Crippen LogP contribution in [0.3, 0.4) is 0 Å². The maximum Gasteiger partial charge on any atom is 0.243 e. The Bertz CT molecular complexity index is 493. The molecule has 1 aromatic rings. The van der Waals surface area contributed by atoms with Crippen molar-refractivity contribution in [1.82, 2.24) is 4.31 Å². The number of hydrogen-bond donors (Lipinski definition) is 0. The van der Waals surface area contributed by atoms with Gasteiger partial charge in [0.2, 0.25) is 10.0 Å². The molecule has 0 saturated carbocycles. The van der Waals surface area contributed by atoms with Gasteiger partial charge in [-0.1, -0.05) is 12.2 Å². The number of hydrogen-bond acceptors (Lipinski definition) is 2. The van der Waals surface area contributed by atoms with Gasteiger partial charge >= 0.3 is 0 Å². The van der Waals surface area contributed by atoms with Crippen LogP contribution in [-0.2, 0) is 10.0 Å². The van der Waals surface area contributed by atoms with Gasteiger partial charge in [0, 0.05) is 13.1 Å². The third-order valence-electron chi connectivity index (χ3n) is 2.47. The Labute approximate surface area is 94.2 Å². The van der Waals surface area contributed by atoms with E-state index in [2.05, 4.69) is 0 Å². The molecule has 5 heteroatoms. The van der Waals surface area contributed by atoms with Gasteiger partial charge in [-0.2, -0.15) is 4.31 Å². The van der Waals surface area contributed by atoms with Crippen molar-refractivity contribution in [3.05, 3.63) is 42.2 Å². The van der Waals surface area contributed by atoms with Crippen LogP contribution >= 0.6 is 0 Å². The van der Waals surface area contributed by atoms with Crippen molar-refractivity contribution in [2.24, 2.45) is 0 Å². The molecule has 0 atom stereocenters. The molecule has 86 valence electrons. The fourth-order valence-corrected chi connectivity index (χ4v) is 3.00. The van der Waals surface area contributed by atoms with Crippen LogP contribution in [0.25, 0.3) is 0 Å². The van der Waals surface area contributed by atoms with Crippen molar-refractivity contribution in [2.75, 3.05) is 13.1 Å². The minimum atomic E-state index is -3.46. The largest absolute Gasteiger partial charge is 0.243 e. The minimum Gasteiger partial charge on any atom is -0.207 e. The summed E-state index contributed by atoms with van der Waals surface area (Å²) >= 11 is 0. The molecule has 0 aromatic heterocycles. The Morgan fingerprint density at radius 3 is 2.38 bits per heavy atom. The van der Waals surface area contributed by atoms with E-state index in [-0.39, 0.29) is 4.90 Å². The molecule has 1 aliphatic rings. The average Bonchev–Trinajstić information content (AvgIpc) is 2.31. The summed E-state index contributed by atoms with van der Waals surface area (Å²) in [4.78, 5) is 0.143. The van der Waals surface area contributed by atoms with E-state index in [1.165, 1.54) is 16.4 Å². The Hall–Kier alpha value is -1.20. The van der Waals surface area contributed by atoms with E-state index >= 15 is 0 Å². The zero-order chi connectivity index (χ0) is 11.6. The zero-order valence-electron chi connectivity index (χ0n) is 8.64. The number of nitrogens with zero attached hydrogens (tertiary/aromatic N) is 1. The highest BCUT2D eigenvalue weighted by Crippen LogP contribution is 2.18. The van der Waals surface area contributed by atoms with E-state index in [1.54, 1.807) is 0 Å². The highest BCUT2D eigenvalue weighted by Gasteiger charge is 2.23. The number of halogens is 1. The van der Waals surface area contributed by atoms with Gasteiger partial charge in [-0.3, -0.25) is 0 Å². The predicted molar refractivity (Wildman–Crippen MR) is 58.9 cm³/mol. The second kappa shape index (κ2) is 4.35. The molecule has 1 aromatic carbocycles. The zero-order valence-corrected chi connectivity index (χ0v) is 9.45. The van der Waals surface area contributed by atoms with Gasteiger partial charge < -0.3 is 0 Å².